The van der Waals surface area contributed by atoms with Crippen LogP contribution in [0.3, 0.4) is 0 Å². The van der Waals surface area contributed by atoms with Gasteiger partial charge in [-0.2, -0.15) is 0 Å². The second kappa shape index (κ2) is 8.32. The highest BCUT2D eigenvalue weighted by atomic mass is 16.2. The van der Waals surface area contributed by atoms with E-state index in [9.17, 15) is 9.59 Å². The summed E-state index contributed by atoms with van der Waals surface area (Å²) in [6.07, 6.45) is 1.56. The Bertz CT molecular complexity index is 1040. The summed E-state index contributed by atoms with van der Waals surface area (Å²) in [4.78, 5) is 32.6. The van der Waals surface area contributed by atoms with Crippen molar-refractivity contribution in [1.29, 1.82) is 0 Å². The summed E-state index contributed by atoms with van der Waals surface area (Å²) in [7, 11) is 2.13. The van der Waals surface area contributed by atoms with Gasteiger partial charge in [0.1, 0.15) is 5.56 Å². The van der Waals surface area contributed by atoms with Crippen molar-refractivity contribution in [3.05, 3.63) is 82.8 Å². The molecule has 6 heteroatoms. The van der Waals surface area contributed by atoms with Crippen molar-refractivity contribution >= 4 is 17.3 Å². The number of aromatic nitrogens is 1. The van der Waals surface area contributed by atoms with E-state index in [4.69, 9.17) is 0 Å². The Balaban J connectivity index is 1.54. The van der Waals surface area contributed by atoms with Gasteiger partial charge in [0, 0.05) is 49.3 Å². The van der Waals surface area contributed by atoms with E-state index in [0.29, 0.717) is 11.3 Å². The van der Waals surface area contributed by atoms with Gasteiger partial charge in [-0.3, -0.25) is 9.59 Å². The van der Waals surface area contributed by atoms with Crippen molar-refractivity contribution in [2.24, 2.45) is 0 Å². The number of aromatic amines is 1. The van der Waals surface area contributed by atoms with Crippen LogP contribution in [-0.4, -0.2) is 49.0 Å². The number of rotatable bonds is 4. The molecule has 1 fully saturated rings. The van der Waals surface area contributed by atoms with Crippen LogP contribution in [0.1, 0.15) is 10.4 Å². The lowest BCUT2D eigenvalue weighted by molar-refractivity contribution is 0.102. The first kappa shape index (κ1) is 19.0. The van der Waals surface area contributed by atoms with Gasteiger partial charge < -0.3 is 20.1 Å². The van der Waals surface area contributed by atoms with Gasteiger partial charge in [-0.25, -0.2) is 0 Å². The summed E-state index contributed by atoms with van der Waals surface area (Å²) in [5, 5.41) is 2.86. The van der Waals surface area contributed by atoms with Crippen molar-refractivity contribution in [2.75, 3.05) is 43.4 Å². The summed E-state index contributed by atoms with van der Waals surface area (Å²) in [6.45, 7) is 4.05. The van der Waals surface area contributed by atoms with Crippen LogP contribution in [-0.2, 0) is 0 Å². The first-order valence-electron chi connectivity index (χ1n) is 9.74. The van der Waals surface area contributed by atoms with Crippen molar-refractivity contribution in [2.45, 2.75) is 0 Å². The first-order chi connectivity index (χ1) is 14.1. The third-order valence-corrected chi connectivity index (χ3v) is 5.27. The Labute approximate surface area is 169 Å². The third kappa shape index (κ3) is 4.22. The monoisotopic (exact) mass is 388 g/mol. The zero-order valence-corrected chi connectivity index (χ0v) is 16.4. The maximum Gasteiger partial charge on any atom is 0.261 e. The van der Waals surface area contributed by atoms with Crippen LogP contribution in [0.15, 0.2) is 71.7 Å². The molecule has 0 atom stereocenters. The standard InChI is InChI=1S/C23H24N4O2/c1-26-13-15-27(16-14-26)19-9-7-18(8-10-19)25-23(29)21-20(11-12-24-22(21)28)17-5-3-2-4-6-17/h2-12H,13-16H2,1H3,(H,24,28)(H,25,29). The normalized spacial score (nSPS) is 14.6. The number of carbonyl (C=O) groups excluding carboxylic acids is 1. The number of carbonyl (C=O) groups is 1. The molecule has 1 amide bonds. The van der Waals surface area contributed by atoms with E-state index in [-0.39, 0.29) is 5.56 Å². The number of H-pyrrole nitrogens is 1. The van der Waals surface area contributed by atoms with Crippen LogP contribution in [0.4, 0.5) is 11.4 Å². The van der Waals surface area contributed by atoms with Gasteiger partial charge in [0.05, 0.1) is 0 Å². The molecule has 2 N–H and O–H groups in total. The highest BCUT2D eigenvalue weighted by molar-refractivity contribution is 6.08. The molecule has 1 saturated heterocycles. The Morgan fingerprint density at radius 1 is 0.931 bits per heavy atom. The maximum absolute atomic E-state index is 12.9. The lowest BCUT2D eigenvalue weighted by Gasteiger charge is -2.34. The first-order valence-corrected chi connectivity index (χ1v) is 9.74. The average Bonchev–Trinajstić information content (AvgIpc) is 2.75. The van der Waals surface area contributed by atoms with Crippen molar-refractivity contribution in [1.82, 2.24) is 9.88 Å². The van der Waals surface area contributed by atoms with Crippen molar-refractivity contribution in [3.8, 4) is 11.1 Å². The van der Waals surface area contributed by atoms with Gasteiger partial charge >= 0.3 is 0 Å². The van der Waals surface area contributed by atoms with Crippen LogP contribution >= 0.6 is 0 Å². The molecule has 3 aromatic rings. The zero-order chi connectivity index (χ0) is 20.2. The Morgan fingerprint density at radius 2 is 1.62 bits per heavy atom. The van der Waals surface area contributed by atoms with E-state index in [1.54, 1.807) is 12.3 Å². The molecule has 1 aromatic heterocycles. The van der Waals surface area contributed by atoms with Gasteiger partial charge in [0.15, 0.2) is 0 Å². The molecule has 0 saturated carbocycles. The highest BCUT2D eigenvalue weighted by Crippen LogP contribution is 2.23. The minimum atomic E-state index is -0.418. The molecule has 6 nitrogen and oxygen atoms in total. The fraction of sp³-hybridized carbons (Fsp3) is 0.217. The number of amides is 1. The van der Waals surface area contributed by atoms with Gasteiger partial charge in [-0.05, 0) is 42.9 Å². The van der Waals surface area contributed by atoms with Crippen molar-refractivity contribution in [3.63, 3.8) is 0 Å². The number of nitrogens with one attached hydrogen (secondary N) is 2. The minimum Gasteiger partial charge on any atom is -0.369 e. The SMILES string of the molecule is CN1CCN(c2ccc(NC(=O)c3c(-c4ccccc4)cc[nH]c3=O)cc2)CC1. The number of benzene rings is 2. The molecule has 1 aliphatic rings. The average molecular weight is 388 g/mol. The number of hydrogen-bond donors (Lipinski definition) is 2. The van der Waals surface area contributed by atoms with Crippen molar-refractivity contribution < 1.29 is 4.79 Å². The molecule has 1 aliphatic heterocycles. The number of pyridine rings is 1. The number of piperazine rings is 1. The van der Waals surface area contributed by atoms with E-state index in [1.165, 1.54) is 0 Å². The second-order valence-electron chi connectivity index (χ2n) is 7.25. The predicted octanol–water partition coefficient (Wildman–Crippen LogP) is 3.05. The Hall–Kier alpha value is -3.38. The molecule has 29 heavy (non-hydrogen) atoms. The van der Waals surface area contributed by atoms with Gasteiger partial charge in [0.25, 0.3) is 11.5 Å². The van der Waals surface area contributed by atoms with E-state index in [1.807, 2.05) is 54.6 Å². The summed E-state index contributed by atoms with van der Waals surface area (Å²) in [5.41, 5.74) is 2.95. The van der Waals surface area contributed by atoms with E-state index in [0.717, 1.165) is 37.4 Å². The van der Waals surface area contributed by atoms with Gasteiger partial charge in [-0.15, -0.1) is 0 Å². The van der Waals surface area contributed by atoms with E-state index >= 15 is 0 Å². The summed E-state index contributed by atoms with van der Waals surface area (Å²) < 4.78 is 0. The minimum absolute atomic E-state index is 0.113. The molecule has 2 aromatic carbocycles. The molecule has 0 radical (unpaired) electrons. The van der Waals surface area contributed by atoms with Crippen LogP contribution < -0.4 is 15.8 Å². The highest BCUT2D eigenvalue weighted by Gasteiger charge is 2.18. The van der Waals surface area contributed by atoms with Gasteiger partial charge in [0.2, 0.25) is 0 Å². The smallest absolute Gasteiger partial charge is 0.261 e. The molecule has 0 aliphatic carbocycles. The second-order valence-corrected chi connectivity index (χ2v) is 7.25. The number of likely N-dealkylation sites (N-methyl/N-ethyl adjacent to an activating group) is 1. The van der Waals surface area contributed by atoms with Gasteiger partial charge in [-0.1, -0.05) is 30.3 Å². The van der Waals surface area contributed by atoms with Crippen LogP contribution in [0.2, 0.25) is 0 Å². The fourth-order valence-electron chi connectivity index (χ4n) is 3.58. The third-order valence-electron chi connectivity index (χ3n) is 5.27. The quantitative estimate of drug-likeness (QED) is 0.721. The van der Waals surface area contributed by atoms with Crippen LogP contribution in [0.5, 0.6) is 0 Å². The number of anilines is 2. The summed E-state index contributed by atoms with van der Waals surface area (Å²) >= 11 is 0. The molecular weight excluding hydrogens is 364 g/mol. The molecule has 4 rings (SSSR count). The predicted molar refractivity (Wildman–Crippen MR) is 117 cm³/mol. The Morgan fingerprint density at radius 3 is 2.31 bits per heavy atom. The maximum atomic E-state index is 12.9. The van der Waals surface area contributed by atoms with Crippen LogP contribution in [0.25, 0.3) is 11.1 Å². The molecular formula is C23H24N4O2. The Kier molecular flexibility index (Phi) is 5.44. The molecule has 0 spiro atoms. The fourth-order valence-corrected chi connectivity index (χ4v) is 3.58. The topological polar surface area (TPSA) is 68.4 Å². The summed E-state index contributed by atoms with van der Waals surface area (Å²) in [5.74, 6) is -0.418. The molecule has 0 bridgehead atoms. The summed E-state index contributed by atoms with van der Waals surface area (Å²) in [6, 6.07) is 19.0. The van der Waals surface area contributed by atoms with E-state index in [2.05, 4.69) is 27.1 Å². The molecule has 0 unspecified atom stereocenters. The lowest BCUT2D eigenvalue weighted by atomic mass is 10.0. The van der Waals surface area contributed by atoms with E-state index < -0.39 is 11.5 Å². The zero-order valence-electron chi connectivity index (χ0n) is 16.4. The largest absolute Gasteiger partial charge is 0.369 e. The van der Waals surface area contributed by atoms with Crippen LogP contribution in [0, 0.1) is 0 Å². The lowest BCUT2D eigenvalue weighted by Crippen LogP contribution is -2.44. The molecule has 2 heterocycles. The number of hydrogen-bond acceptors (Lipinski definition) is 4. The molecule has 148 valence electrons. The number of nitrogens with zero attached hydrogens (tertiary/aromatic N) is 2.